The highest BCUT2D eigenvalue weighted by Crippen LogP contribution is 2.37. The van der Waals surface area contributed by atoms with E-state index in [2.05, 4.69) is 0 Å². The molecule has 0 N–H and O–H groups in total. The van der Waals surface area contributed by atoms with Gasteiger partial charge in [-0.3, -0.25) is 9.59 Å². The van der Waals surface area contributed by atoms with Gasteiger partial charge in [-0.15, -0.1) is 11.3 Å². The molecule has 1 aromatic carbocycles. The summed E-state index contributed by atoms with van der Waals surface area (Å²) in [7, 11) is 0. The van der Waals surface area contributed by atoms with Gasteiger partial charge in [-0.2, -0.15) is 0 Å². The number of benzene rings is 1. The van der Waals surface area contributed by atoms with Crippen molar-refractivity contribution in [3.63, 3.8) is 0 Å². The molecule has 1 aliphatic rings. The summed E-state index contributed by atoms with van der Waals surface area (Å²) in [4.78, 5) is 27.4. The SMILES string of the molecule is CCOC(=O)CC1c2ccccc2C(=O)N1Cc1cccs1. The van der Waals surface area contributed by atoms with E-state index in [0.29, 0.717) is 18.7 Å². The van der Waals surface area contributed by atoms with E-state index in [1.54, 1.807) is 23.2 Å². The molecule has 0 saturated heterocycles. The lowest BCUT2D eigenvalue weighted by Crippen LogP contribution is -2.29. The zero-order valence-electron chi connectivity index (χ0n) is 12.3. The van der Waals surface area contributed by atoms with Crippen molar-refractivity contribution in [2.24, 2.45) is 0 Å². The highest BCUT2D eigenvalue weighted by Gasteiger charge is 2.37. The molecule has 4 nitrogen and oxygen atoms in total. The molecular weight excluding hydrogens is 298 g/mol. The zero-order chi connectivity index (χ0) is 15.5. The van der Waals surface area contributed by atoms with Crippen LogP contribution in [0.1, 0.15) is 40.2 Å². The Morgan fingerprint density at radius 3 is 2.82 bits per heavy atom. The third-order valence-electron chi connectivity index (χ3n) is 3.76. The van der Waals surface area contributed by atoms with Gasteiger partial charge >= 0.3 is 5.97 Å². The summed E-state index contributed by atoms with van der Waals surface area (Å²) < 4.78 is 5.06. The van der Waals surface area contributed by atoms with Crippen molar-refractivity contribution in [2.45, 2.75) is 25.9 Å². The molecule has 0 bridgehead atoms. The van der Waals surface area contributed by atoms with Gasteiger partial charge in [-0.1, -0.05) is 24.3 Å². The molecule has 1 atom stereocenters. The summed E-state index contributed by atoms with van der Waals surface area (Å²) in [6, 6.07) is 11.2. The number of hydrogen-bond acceptors (Lipinski definition) is 4. The quantitative estimate of drug-likeness (QED) is 0.795. The van der Waals surface area contributed by atoms with E-state index in [9.17, 15) is 9.59 Å². The molecule has 0 spiro atoms. The van der Waals surface area contributed by atoms with Crippen molar-refractivity contribution in [3.8, 4) is 0 Å². The first kappa shape index (κ1) is 14.8. The van der Waals surface area contributed by atoms with Crippen molar-refractivity contribution in [2.75, 3.05) is 6.61 Å². The number of carbonyl (C=O) groups is 2. The van der Waals surface area contributed by atoms with E-state index in [1.165, 1.54) is 0 Å². The highest BCUT2D eigenvalue weighted by atomic mass is 32.1. The Labute approximate surface area is 133 Å². The number of ether oxygens (including phenoxy) is 1. The molecule has 0 fully saturated rings. The fraction of sp³-hybridized carbons (Fsp3) is 0.294. The van der Waals surface area contributed by atoms with Gasteiger partial charge in [-0.25, -0.2) is 0 Å². The molecular formula is C17H17NO3S. The van der Waals surface area contributed by atoms with Crippen LogP contribution in [-0.2, 0) is 16.1 Å². The van der Waals surface area contributed by atoms with Gasteiger partial charge in [0, 0.05) is 10.4 Å². The molecule has 5 heteroatoms. The molecule has 1 aliphatic heterocycles. The molecule has 0 aliphatic carbocycles. The molecule has 1 amide bonds. The van der Waals surface area contributed by atoms with Crippen molar-refractivity contribution in [1.29, 1.82) is 0 Å². The third kappa shape index (κ3) is 2.76. The Hall–Kier alpha value is -2.14. The van der Waals surface area contributed by atoms with E-state index >= 15 is 0 Å². The molecule has 0 saturated carbocycles. The Balaban J connectivity index is 1.89. The normalized spacial score (nSPS) is 16.7. The van der Waals surface area contributed by atoms with Gasteiger partial charge in [-0.05, 0) is 30.0 Å². The van der Waals surface area contributed by atoms with Gasteiger partial charge in [0.15, 0.2) is 0 Å². The van der Waals surface area contributed by atoms with Crippen LogP contribution in [0.4, 0.5) is 0 Å². The first-order valence-corrected chi connectivity index (χ1v) is 8.16. The van der Waals surface area contributed by atoms with Crippen LogP contribution < -0.4 is 0 Å². The minimum atomic E-state index is -0.270. The average Bonchev–Trinajstić information content (AvgIpc) is 3.11. The summed E-state index contributed by atoms with van der Waals surface area (Å²) in [6.07, 6.45) is 0.196. The Morgan fingerprint density at radius 2 is 2.09 bits per heavy atom. The van der Waals surface area contributed by atoms with Gasteiger partial charge in [0.2, 0.25) is 0 Å². The Bertz CT molecular complexity index is 681. The standard InChI is InChI=1S/C17H17NO3S/c1-2-21-16(19)10-15-13-7-3-4-8-14(13)17(20)18(15)11-12-6-5-9-22-12/h3-9,15H,2,10-11H2,1H3. The minimum absolute atomic E-state index is 0.0155. The molecule has 114 valence electrons. The lowest BCUT2D eigenvalue weighted by Gasteiger charge is -2.24. The van der Waals surface area contributed by atoms with Crippen LogP contribution in [0, 0.1) is 0 Å². The first-order valence-electron chi connectivity index (χ1n) is 7.28. The first-order chi connectivity index (χ1) is 10.7. The lowest BCUT2D eigenvalue weighted by atomic mass is 10.0. The van der Waals surface area contributed by atoms with Crippen molar-refractivity contribution in [1.82, 2.24) is 4.90 Å². The fourth-order valence-electron chi connectivity index (χ4n) is 2.80. The van der Waals surface area contributed by atoms with Gasteiger partial charge in [0.05, 0.1) is 25.6 Å². The number of hydrogen-bond donors (Lipinski definition) is 0. The summed E-state index contributed by atoms with van der Waals surface area (Å²) in [6.45, 7) is 2.66. The Morgan fingerprint density at radius 1 is 1.27 bits per heavy atom. The Kier molecular flexibility index (Phi) is 4.24. The van der Waals surface area contributed by atoms with Crippen LogP contribution in [0.2, 0.25) is 0 Å². The summed E-state index contributed by atoms with van der Waals surface area (Å²) in [5.41, 5.74) is 1.60. The number of thiophene rings is 1. The summed E-state index contributed by atoms with van der Waals surface area (Å²) in [5, 5.41) is 1.99. The molecule has 1 unspecified atom stereocenters. The fourth-order valence-corrected chi connectivity index (χ4v) is 3.50. The second kappa shape index (κ2) is 6.32. The van der Waals surface area contributed by atoms with E-state index < -0.39 is 0 Å². The highest BCUT2D eigenvalue weighted by molar-refractivity contribution is 7.09. The van der Waals surface area contributed by atoms with Crippen LogP contribution in [0.15, 0.2) is 41.8 Å². The predicted molar refractivity (Wildman–Crippen MR) is 84.6 cm³/mol. The van der Waals surface area contributed by atoms with Crippen LogP contribution in [0.25, 0.3) is 0 Å². The van der Waals surface area contributed by atoms with Gasteiger partial charge in [0.25, 0.3) is 5.91 Å². The maximum Gasteiger partial charge on any atom is 0.308 e. The van der Waals surface area contributed by atoms with Crippen LogP contribution in [0.5, 0.6) is 0 Å². The number of amides is 1. The smallest absolute Gasteiger partial charge is 0.308 e. The lowest BCUT2D eigenvalue weighted by molar-refractivity contribution is -0.144. The molecule has 0 radical (unpaired) electrons. The number of esters is 1. The van der Waals surface area contributed by atoms with E-state index in [-0.39, 0.29) is 24.3 Å². The third-order valence-corrected chi connectivity index (χ3v) is 4.62. The van der Waals surface area contributed by atoms with Crippen molar-refractivity contribution < 1.29 is 14.3 Å². The van der Waals surface area contributed by atoms with Gasteiger partial charge in [0.1, 0.15) is 0 Å². The molecule has 22 heavy (non-hydrogen) atoms. The maximum absolute atomic E-state index is 12.7. The van der Waals surface area contributed by atoms with E-state index in [1.807, 2.05) is 41.8 Å². The molecule has 1 aromatic heterocycles. The monoisotopic (exact) mass is 315 g/mol. The topological polar surface area (TPSA) is 46.6 Å². The molecule has 3 rings (SSSR count). The number of fused-ring (bicyclic) bond motifs is 1. The zero-order valence-corrected chi connectivity index (χ0v) is 13.1. The largest absolute Gasteiger partial charge is 0.466 e. The number of nitrogens with zero attached hydrogens (tertiary/aromatic N) is 1. The second-order valence-electron chi connectivity index (χ2n) is 5.12. The average molecular weight is 315 g/mol. The number of carbonyl (C=O) groups excluding carboxylic acids is 2. The molecule has 2 heterocycles. The van der Waals surface area contributed by atoms with Crippen LogP contribution in [0.3, 0.4) is 0 Å². The second-order valence-corrected chi connectivity index (χ2v) is 6.16. The van der Waals surface area contributed by atoms with E-state index in [0.717, 1.165) is 10.4 Å². The van der Waals surface area contributed by atoms with Crippen molar-refractivity contribution in [3.05, 3.63) is 57.8 Å². The van der Waals surface area contributed by atoms with Crippen molar-refractivity contribution >= 4 is 23.2 Å². The van der Waals surface area contributed by atoms with Crippen LogP contribution >= 0.6 is 11.3 Å². The van der Waals surface area contributed by atoms with Gasteiger partial charge < -0.3 is 9.64 Å². The predicted octanol–water partition coefficient (Wildman–Crippen LogP) is 3.40. The minimum Gasteiger partial charge on any atom is -0.466 e. The summed E-state index contributed by atoms with van der Waals surface area (Å²) >= 11 is 1.61. The molecule has 2 aromatic rings. The van der Waals surface area contributed by atoms with Crippen LogP contribution in [-0.4, -0.2) is 23.4 Å². The summed E-state index contributed by atoms with van der Waals surface area (Å²) in [5.74, 6) is -0.286. The number of rotatable bonds is 5. The van der Waals surface area contributed by atoms with E-state index in [4.69, 9.17) is 4.74 Å². The maximum atomic E-state index is 12.7.